The third-order valence-electron chi connectivity index (χ3n) is 3.40. The molecule has 0 spiro atoms. The third kappa shape index (κ3) is 2.43. The van der Waals surface area contributed by atoms with Gasteiger partial charge in [-0.25, -0.2) is 0 Å². The fourth-order valence-electron chi connectivity index (χ4n) is 2.40. The molecular formula is C16H14BrClN2. The second-order valence-electron chi connectivity index (χ2n) is 4.74. The van der Waals surface area contributed by atoms with E-state index in [-0.39, 0.29) is 0 Å². The molecule has 2 aromatic carbocycles. The number of rotatable bonds is 3. The minimum atomic E-state index is 0.716. The zero-order valence-electron chi connectivity index (χ0n) is 11.0. The summed E-state index contributed by atoms with van der Waals surface area (Å²) in [6.07, 6.45) is 2.16. The maximum Gasteiger partial charge on any atom is 0.0593 e. The fourth-order valence-corrected chi connectivity index (χ4v) is 2.98. The van der Waals surface area contributed by atoms with E-state index in [1.807, 2.05) is 18.2 Å². The zero-order valence-corrected chi connectivity index (χ0v) is 13.4. The van der Waals surface area contributed by atoms with Crippen LogP contribution in [0.5, 0.6) is 0 Å². The number of aromatic nitrogens is 1. The van der Waals surface area contributed by atoms with Crippen molar-refractivity contribution < 1.29 is 0 Å². The van der Waals surface area contributed by atoms with E-state index in [2.05, 4.69) is 63.3 Å². The molecule has 0 bridgehead atoms. The lowest BCUT2D eigenvalue weighted by atomic mass is 10.2. The van der Waals surface area contributed by atoms with E-state index >= 15 is 0 Å². The van der Waals surface area contributed by atoms with Gasteiger partial charge < -0.3 is 9.88 Å². The number of anilines is 1. The maximum atomic E-state index is 6.10. The Morgan fingerprint density at radius 1 is 1.15 bits per heavy atom. The summed E-state index contributed by atoms with van der Waals surface area (Å²) in [5.41, 5.74) is 3.52. The van der Waals surface area contributed by atoms with Crippen molar-refractivity contribution in [1.82, 2.24) is 4.57 Å². The van der Waals surface area contributed by atoms with Gasteiger partial charge in [-0.05, 0) is 39.7 Å². The standard InChI is InChI=1S/C16H14BrClN2/c1-20-10-11(12-5-2-3-8-15(12)20)9-19-14-7-4-6-13(18)16(14)17/h2-8,10,19H,9H2,1H3. The smallest absolute Gasteiger partial charge is 0.0593 e. The van der Waals surface area contributed by atoms with Crippen LogP contribution < -0.4 is 5.32 Å². The van der Waals surface area contributed by atoms with Gasteiger partial charge in [-0.3, -0.25) is 0 Å². The van der Waals surface area contributed by atoms with Crippen LogP contribution in [-0.2, 0) is 13.6 Å². The van der Waals surface area contributed by atoms with Crippen LogP contribution in [0.25, 0.3) is 10.9 Å². The Morgan fingerprint density at radius 3 is 2.80 bits per heavy atom. The van der Waals surface area contributed by atoms with Gasteiger partial charge in [0.25, 0.3) is 0 Å². The van der Waals surface area contributed by atoms with Crippen molar-refractivity contribution in [2.75, 3.05) is 5.32 Å². The molecule has 1 N–H and O–H groups in total. The molecule has 0 saturated carbocycles. The molecule has 0 fully saturated rings. The molecule has 4 heteroatoms. The first kappa shape index (κ1) is 13.5. The zero-order chi connectivity index (χ0) is 14.1. The maximum absolute atomic E-state index is 6.10. The number of hydrogen-bond donors (Lipinski definition) is 1. The van der Waals surface area contributed by atoms with Crippen LogP contribution in [0.1, 0.15) is 5.56 Å². The molecule has 3 rings (SSSR count). The van der Waals surface area contributed by atoms with Crippen LogP contribution in [0, 0.1) is 0 Å². The van der Waals surface area contributed by atoms with E-state index in [1.165, 1.54) is 16.5 Å². The lowest BCUT2D eigenvalue weighted by Crippen LogP contribution is -1.99. The summed E-state index contributed by atoms with van der Waals surface area (Å²) in [6, 6.07) is 14.2. The number of halogens is 2. The highest BCUT2D eigenvalue weighted by molar-refractivity contribution is 9.10. The summed E-state index contributed by atoms with van der Waals surface area (Å²) < 4.78 is 3.06. The van der Waals surface area contributed by atoms with Crippen LogP contribution in [0.3, 0.4) is 0 Å². The van der Waals surface area contributed by atoms with Crippen molar-refractivity contribution in [1.29, 1.82) is 0 Å². The largest absolute Gasteiger partial charge is 0.380 e. The van der Waals surface area contributed by atoms with Crippen LogP contribution >= 0.6 is 27.5 Å². The lowest BCUT2D eigenvalue weighted by molar-refractivity contribution is 0.955. The van der Waals surface area contributed by atoms with Crippen molar-refractivity contribution in [3.63, 3.8) is 0 Å². The quantitative estimate of drug-likeness (QED) is 0.687. The molecule has 3 aromatic rings. The van der Waals surface area contributed by atoms with Crippen LogP contribution in [-0.4, -0.2) is 4.57 Å². The Hall–Kier alpha value is -1.45. The first-order chi connectivity index (χ1) is 9.66. The van der Waals surface area contributed by atoms with E-state index in [0.717, 1.165) is 16.7 Å². The third-order valence-corrected chi connectivity index (χ3v) is 4.80. The van der Waals surface area contributed by atoms with Crippen molar-refractivity contribution in [3.05, 3.63) is 63.7 Å². The van der Waals surface area contributed by atoms with Crippen LogP contribution in [0.15, 0.2) is 53.1 Å². The van der Waals surface area contributed by atoms with Crippen LogP contribution in [0.4, 0.5) is 5.69 Å². The summed E-state index contributed by atoms with van der Waals surface area (Å²) in [5, 5.41) is 5.42. The fraction of sp³-hybridized carbons (Fsp3) is 0.125. The Bertz CT molecular complexity index is 764. The van der Waals surface area contributed by atoms with Gasteiger partial charge in [0.05, 0.1) is 15.2 Å². The second-order valence-corrected chi connectivity index (χ2v) is 5.94. The first-order valence-electron chi connectivity index (χ1n) is 6.37. The Kier molecular flexibility index (Phi) is 3.72. The highest BCUT2D eigenvalue weighted by Crippen LogP contribution is 2.31. The van der Waals surface area contributed by atoms with Crippen molar-refractivity contribution in [3.8, 4) is 0 Å². The molecule has 2 nitrogen and oxygen atoms in total. The molecule has 1 aromatic heterocycles. The van der Waals surface area contributed by atoms with Gasteiger partial charge >= 0.3 is 0 Å². The van der Waals surface area contributed by atoms with Crippen molar-refractivity contribution >= 4 is 44.1 Å². The number of hydrogen-bond acceptors (Lipinski definition) is 1. The molecule has 102 valence electrons. The number of para-hydroxylation sites is 1. The molecule has 0 saturated heterocycles. The predicted octanol–water partition coefficient (Wildman–Crippen LogP) is 5.21. The van der Waals surface area contributed by atoms with Crippen LogP contribution in [0.2, 0.25) is 5.02 Å². The summed E-state index contributed by atoms with van der Waals surface area (Å²) >= 11 is 9.61. The van der Waals surface area contributed by atoms with E-state index in [4.69, 9.17) is 11.6 Å². The summed E-state index contributed by atoms with van der Waals surface area (Å²) in [7, 11) is 2.07. The van der Waals surface area contributed by atoms with Gasteiger partial charge in [0, 0.05) is 30.7 Å². The highest BCUT2D eigenvalue weighted by Gasteiger charge is 2.07. The van der Waals surface area contributed by atoms with Crippen molar-refractivity contribution in [2.24, 2.45) is 7.05 Å². The molecule has 0 aliphatic rings. The number of nitrogens with one attached hydrogen (secondary N) is 1. The Balaban J connectivity index is 1.89. The topological polar surface area (TPSA) is 17.0 Å². The molecule has 0 radical (unpaired) electrons. The summed E-state index contributed by atoms with van der Waals surface area (Å²) in [6.45, 7) is 0.764. The molecule has 0 atom stereocenters. The predicted molar refractivity (Wildman–Crippen MR) is 89.4 cm³/mol. The number of nitrogens with zero attached hydrogens (tertiary/aromatic N) is 1. The first-order valence-corrected chi connectivity index (χ1v) is 7.55. The molecule has 20 heavy (non-hydrogen) atoms. The molecule has 0 aliphatic carbocycles. The molecule has 1 heterocycles. The van der Waals surface area contributed by atoms with E-state index in [9.17, 15) is 0 Å². The normalized spacial score (nSPS) is 10.9. The Morgan fingerprint density at radius 2 is 1.95 bits per heavy atom. The average Bonchev–Trinajstić information content (AvgIpc) is 2.78. The van der Waals surface area contributed by atoms with Gasteiger partial charge in [-0.1, -0.05) is 35.9 Å². The molecule has 0 aliphatic heterocycles. The van der Waals surface area contributed by atoms with E-state index in [0.29, 0.717) is 5.02 Å². The minimum absolute atomic E-state index is 0.716. The number of aryl methyl sites for hydroxylation is 1. The summed E-state index contributed by atoms with van der Waals surface area (Å²) in [5.74, 6) is 0. The monoisotopic (exact) mass is 348 g/mol. The highest BCUT2D eigenvalue weighted by atomic mass is 79.9. The van der Waals surface area contributed by atoms with E-state index in [1.54, 1.807) is 0 Å². The van der Waals surface area contributed by atoms with Gasteiger partial charge in [0.2, 0.25) is 0 Å². The van der Waals surface area contributed by atoms with Gasteiger partial charge in [0.15, 0.2) is 0 Å². The molecule has 0 amide bonds. The number of fused-ring (bicyclic) bond motifs is 1. The molecular weight excluding hydrogens is 336 g/mol. The van der Waals surface area contributed by atoms with Gasteiger partial charge in [-0.15, -0.1) is 0 Å². The van der Waals surface area contributed by atoms with Gasteiger partial charge in [0.1, 0.15) is 0 Å². The summed E-state index contributed by atoms with van der Waals surface area (Å²) in [4.78, 5) is 0. The average molecular weight is 350 g/mol. The SMILES string of the molecule is Cn1cc(CNc2cccc(Cl)c2Br)c2ccccc21. The second kappa shape index (κ2) is 5.51. The van der Waals surface area contributed by atoms with E-state index < -0.39 is 0 Å². The molecule has 0 unspecified atom stereocenters. The number of benzene rings is 2. The minimum Gasteiger partial charge on any atom is -0.380 e. The van der Waals surface area contributed by atoms with Gasteiger partial charge in [-0.2, -0.15) is 0 Å². The Labute approximate surface area is 131 Å². The lowest BCUT2D eigenvalue weighted by Gasteiger charge is -2.09. The van der Waals surface area contributed by atoms with Crippen molar-refractivity contribution in [2.45, 2.75) is 6.54 Å².